The molecule has 1 unspecified atom stereocenters. The summed E-state index contributed by atoms with van der Waals surface area (Å²) in [5.41, 5.74) is -0.826. The molecule has 1 rings (SSSR count). The highest BCUT2D eigenvalue weighted by molar-refractivity contribution is 7.91. The quantitative estimate of drug-likeness (QED) is 0.744. The standard InChI is InChI=1S/C9H16N2O2S/c1-2-5-11-9(7-10)4-3-6-14(12,13)8-9/h11H,2-6,8H2,1H3. The summed E-state index contributed by atoms with van der Waals surface area (Å²) in [4.78, 5) is 0. The zero-order valence-electron chi connectivity index (χ0n) is 8.41. The van der Waals surface area contributed by atoms with E-state index in [0.717, 1.165) is 6.42 Å². The zero-order chi connectivity index (χ0) is 10.7. The lowest BCUT2D eigenvalue weighted by Gasteiger charge is -2.31. The van der Waals surface area contributed by atoms with Gasteiger partial charge < -0.3 is 0 Å². The molecule has 0 aliphatic carbocycles. The van der Waals surface area contributed by atoms with Crippen molar-refractivity contribution in [2.75, 3.05) is 18.1 Å². The molecule has 80 valence electrons. The molecule has 1 N–H and O–H groups in total. The minimum Gasteiger partial charge on any atom is -0.299 e. The van der Waals surface area contributed by atoms with Gasteiger partial charge in [-0.15, -0.1) is 0 Å². The number of nitrogens with zero attached hydrogens (tertiary/aromatic N) is 1. The van der Waals surface area contributed by atoms with Crippen LogP contribution in [0.5, 0.6) is 0 Å². The van der Waals surface area contributed by atoms with Crippen LogP contribution in [-0.2, 0) is 9.84 Å². The van der Waals surface area contributed by atoms with Crippen LogP contribution in [0.25, 0.3) is 0 Å². The van der Waals surface area contributed by atoms with Crippen LogP contribution >= 0.6 is 0 Å². The van der Waals surface area contributed by atoms with E-state index < -0.39 is 15.4 Å². The summed E-state index contributed by atoms with van der Waals surface area (Å²) in [6, 6.07) is 2.12. The smallest absolute Gasteiger partial charge is 0.153 e. The predicted octanol–water partition coefficient (Wildman–Crippen LogP) is 0.457. The van der Waals surface area contributed by atoms with Gasteiger partial charge in [0.2, 0.25) is 0 Å². The van der Waals surface area contributed by atoms with E-state index in [4.69, 9.17) is 5.26 Å². The number of hydrogen-bond donors (Lipinski definition) is 1. The summed E-state index contributed by atoms with van der Waals surface area (Å²) in [7, 11) is -3.02. The maximum Gasteiger partial charge on any atom is 0.153 e. The van der Waals surface area contributed by atoms with Crippen LogP contribution in [0, 0.1) is 11.3 Å². The lowest BCUT2D eigenvalue weighted by molar-refractivity contribution is 0.399. The topological polar surface area (TPSA) is 70.0 Å². The van der Waals surface area contributed by atoms with Gasteiger partial charge in [-0.2, -0.15) is 5.26 Å². The maximum atomic E-state index is 11.4. The number of nitrogens with one attached hydrogen (secondary N) is 1. The monoisotopic (exact) mass is 216 g/mol. The fourth-order valence-electron chi connectivity index (χ4n) is 1.75. The Bertz CT molecular complexity index is 331. The Kier molecular flexibility index (Phi) is 3.51. The van der Waals surface area contributed by atoms with E-state index in [2.05, 4.69) is 11.4 Å². The molecule has 1 fully saturated rings. The van der Waals surface area contributed by atoms with Gasteiger partial charge >= 0.3 is 0 Å². The Morgan fingerprint density at radius 2 is 2.29 bits per heavy atom. The average molecular weight is 216 g/mol. The van der Waals surface area contributed by atoms with Crippen molar-refractivity contribution in [3.05, 3.63) is 0 Å². The van der Waals surface area contributed by atoms with Gasteiger partial charge in [-0.25, -0.2) is 8.42 Å². The Hall–Kier alpha value is -0.600. The Labute approximate surface area is 85.2 Å². The lowest BCUT2D eigenvalue weighted by atomic mass is 9.97. The van der Waals surface area contributed by atoms with Crippen molar-refractivity contribution in [1.82, 2.24) is 5.32 Å². The second kappa shape index (κ2) is 4.28. The van der Waals surface area contributed by atoms with Crippen LogP contribution in [0.4, 0.5) is 0 Å². The highest BCUT2D eigenvalue weighted by atomic mass is 32.2. The second-order valence-corrected chi connectivity index (χ2v) is 6.00. The van der Waals surface area contributed by atoms with Gasteiger partial charge in [0.25, 0.3) is 0 Å². The number of rotatable bonds is 3. The van der Waals surface area contributed by atoms with E-state index in [0.29, 0.717) is 19.4 Å². The van der Waals surface area contributed by atoms with Crippen LogP contribution in [0.3, 0.4) is 0 Å². The third-order valence-electron chi connectivity index (χ3n) is 2.45. The minimum absolute atomic E-state index is 0.0312. The van der Waals surface area contributed by atoms with Gasteiger partial charge in [0.05, 0.1) is 17.6 Å². The van der Waals surface area contributed by atoms with Gasteiger partial charge in [0, 0.05) is 0 Å². The van der Waals surface area contributed by atoms with Crippen molar-refractivity contribution in [3.63, 3.8) is 0 Å². The molecule has 0 amide bonds. The van der Waals surface area contributed by atoms with E-state index in [-0.39, 0.29) is 11.5 Å². The number of hydrogen-bond acceptors (Lipinski definition) is 4. The maximum absolute atomic E-state index is 11.4. The highest BCUT2D eigenvalue weighted by Gasteiger charge is 2.38. The first kappa shape index (κ1) is 11.5. The fourth-order valence-corrected chi connectivity index (χ4v) is 3.54. The van der Waals surface area contributed by atoms with Gasteiger partial charge in [0.15, 0.2) is 9.84 Å². The Morgan fingerprint density at radius 3 is 2.79 bits per heavy atom. The predicted molar refractivity (Wildman–Crippen MR) is 54.5 cm³/mol. The molecule has 0 aromatic heterocycles. The summed E-state index contributed by atoms with van der Waals surface area (Å²) in [6.07, 6.45) is 2.14. The molecule has 0 aromatic rings. The van der Waals surface area contributed by atoms with E-state index in [1.165, 1.54) is 0 Å². The van der Waals surface area contributed by atoms with Gasteiger partial charge in [-0.3, -0.25) is 5.32 Å². The minimum atomic E-state index is -3.02. The Morgan fingerprint density at radius 1 is 1.57 bits per heavy atom. The fraction of sp³-hybridized carbons (Fsp3) is 0.889. The van der Waals surface area contributed by atoms with E-state index in [9.17, 15) is 8.42 Å². The SMILES string of the molecule is CCCNC1(C#N)CCCS(=O)(=O)C1. The molecule has 4 nitrogen and oxygen atoms in total. The van der Waals surface area contributed by atoms with E-state index in [1.54, 1.807) is 0 Å². The van der Waals surface area contributed by atoms with Crippen LogP contribution in [0.2, 0.25) is 0 Å². The first-order valence-electron chi connectivity index (χ1n) is 4.90. The molecule has 1 aliphatic rings. The van der Waals surface area contributed by atoms with E-state index >= 15 is 0 Å². The van der Waals surface area contributed by atoms with Crippen molar-refractivity contribution >= 4 is 9.84 Å². The molecule has 0 saturated carbocycles. The van der Waals surface area contributed by atoms with Gasteiger partial charge in [-0.05, 0) is 25.8 Å². The van der Waals surface area contributed by atoms with Gasteiger partial charge in [0.1, 0.15) is 5.54 Å². The summed E-state index contributed by atoms with van der Waals surface area (Å²) in [5.74, 6) is 0.195. The molecule has 14 heavy (non-hydrogen) atoms. The zero-order valence-corrected chi connectivity index (χ0v) is 9.23. The molecule has 1 aliphatic heterocycles. The third-order valence-corrected chi connectivity index (χ3v) is 4.30. The highest BCUT2D eigenvalue weighted by Crippen LogP contribution is 2.22. The number of sulfone groups is 1. The summed E-state index contributed by atoms with van der Waals surface area (Å²) in [5, 5.41) is 12.1. The van der Waals surface area contributed by atoms with Crippen LogP contribution in [0.1, 0.15) is 26.2 Å². The molecule has 5 heteroatoms. The first-order chi connectivity index (χ1) is 6.54. The van der Waals surface area contributed by atoms with Crippen LogP contribution < -0.4 is 5.32 Å². The van der Waals surface area contributed by atoms with E-state index in [1.807, 2.05) is 6.92 Å². The first-order valence-corrected chi connectivity index (χ1v) is 6.72. The molecule has 1 atom stereocenters. The normalized spacial score (nSPS) is 30.9. The van der Waals surface area contributed by atoms with Crippen molar-refractivity contribution in [2.24, 2.45) is 0 Å². The lowest BCUT2D eigenvalue weighted by Crippen LogP contribution is -2.52. The summed E-state index contributed by atoms with van der Waals surface area (Å²) in [6.45, 7) is 2.69. The summed E-state index contributed by atoms with van der Waals surface area (Å²) >= 11 is 0. The molecule has 0 bridgehead atoms. The van der Waals surface area contributed by atoms with Crippen molar-refractivity contribution in [3.8, 4) is 6.07 Å². The Balaban J connectivity index is 2.75. The molecule has 1 saturated heterocycles. The molecular formula is C9H16N2O2S. The second-order valence-electron chi connectivity index (χ2n) is 3.82. The molecule has 0 aromatic carbocycles. The van der Waals surface area contributed by atoms with Crippen molar-refractivity contribution in [1.29, 1.82) is 5.26 Å². The third kappa shape index (κ3) is 2.69. The van der Waals surface area contributed by atoms with Crippen molar-refractivity contribution < 1.29 is 8.42 Å². The largest absolute Gasteiger partial charge is 0.299 e. The molecule has 0 spiro atoms. The summed E-state index contributed by atoms with van der Waals surface area (Å²) < 4.78 is 22.8. The van der Waals surface area contributed by atoms with Crippen LogP contribution in [0.15, 0.2) is 0 Å². The van der Waals surface area contributed by atoms with Crippen LogP contribution in [-0.4, -0.2) is 32.0 Å². The number of nitriles is 1. The average Bonchev–Trinajstić information content (AvgIpc) is 2.13. The van der Waals surface area contributed by atoms with Gasteiger partial charge in [-0.1, -0.05) is 6.92 Å². The molecule has 0 radical (unpaired) electrons. The van der Waals surface area contributed by atoms with Crippen molar-refractivity contribution in [2.45, 2.75) is 31.7 Å². The molecular weight excluding hydrogens is 200 g/mol. The molecule has 1 heterocycles.